The number of anilines is 1. The molecule has 1 aromatic carbocycles. The standard InChI is InChI=1S/C14H19NO5/c1-9(17)15-10-2-4-11(5-3-10)19-14-7-6-12(18)13(8-16)20-14/h2-5,12-14,16,18H,6-8H2,1H3,(H,15,17)/t12?,13?,14-/m0/s1. The van der Waals surface area contributed by atoms with Gasteiger partial charge < -0.3 is 25.0 Å². The molecule has 1 aromatic rings. The summed E-state index contributed by atoms with van der Waals surface area (Å²) in [6, 6.07) is 6.93. The normalized spacial score (nSPS) is 26.1. The number of benzene rings is 1. The summed E-state index contributed by atoms with van der Waals surface area (Å²) in [6.07, 6.45) is -0.651. The van der Waals surface area contributed by atoms with Crippen LogP contribution in [0.1, 0.15) is 19.8 Å². The highest BCUT2D eigenvalue weighted by Crippen LogP contribution is 2.24. The molecule has 0 bridgehead atoms. The smallest absolute Gasteiger partial charge is 0.221 e. The van der Waals surface area contributed by atoms with Gasteiger partial charge in [0.05, 0.1) is 12.7 Å². The first-order valence-electron chi connectivity index (χ1n) is 6.57. The molecule has 1 saturated heterocycles. The van der Waals surface area contributed by atoms with Gasteiger partial charge in [0.2, 0.25) is 5.91 Å². The van der Waals surface area contributed by atoms with Crippen LogP contribution in [0.2, 0.25) is 0 Å². The van der Waals surface area contributed by atoms with Gasteiger partial charge in [0, 0.05) is 19.0 Å². The molecule has 1 fully saturated rings. The Labute approximate surface area is 117 Å². The van der Waals surface area contributed by atoms with E-state index in [9.17, 15) is 9.90 Å². The average molecular weight is 281 g/mol. The van der Waals surface area contributed by atoms with Gasteiger partial charge in [0.25, 0.3) is 0 Å². The molecule has 0 aromatic heterocycles. The lowest BCUT2D eigenvalue weighted by atomic mass is 10.1. The van der Waals surface area contributed by atoms with Crippen molar-refractivity contribution in [3.05, 3.63) is 24.3 Å². The molecular weight excluding hydrogens is 262 g/mol. The maximum Gasteiger partial charge on any atom is 0.221 e. The zero-order valence-corrected chi connectivity index (χ0v) is 11.3. The van der Waals surface area contributed by atoms with Crippen LogP contribution in [0.15, 0.2) is 24.3 Å². The van der Waals surface area contributed by atoms with E-state index in [0.717, 1.165) is 0 Å². The molecule has 0 aliphatic carbocycles. The van der Waals surface area contributed by atoms with Crippen LogP contribution in [0, 0.1) is 0 Å². The summed E-state index contributed by atoms with van der Waals surface area (Å²) in [4.78, 5) is 10.9. The fourth-order valence-corrected chi connectivity index (χ4v) is 2.07. The highest BCUT2D eigenvalue weighted by atomic mass is 16.7. The van der Waals surface area contributed by atoms with Crippen molar-refractivity contribution in [1.82, 2.24) is 0 Å². The Kier molecular flexibility index (Phi) is 4.94. The van der Waals surface area contributed by atoms with Gasteiger partial charge in [-0.2, -0.15) is 0 Å². The zero-order chi connectivity index (χ0) is 14.5. The van der Waals surface area contributed by atoms with Gasteiger partial charge in [-0.15, -0.1) is 0 Å². The minimum atomic E-state index is -0.651. The van der Waals surface area contributed by atoms with Gasteiger partial charge in [-0.3, -0.25) is 4.79 Å². The Balaban J connectivity index is 1.91. The van der Waals surface area contributed by atoms with Crippen molar-refractivity contribution >= 4 is 11.6 Å². The SMILES string of the molecule is CC(=O)Nc1ccc(O[C@@H]2CCC(O)C(CO)O2)cc1. The minimum absolute atomic E-state index is 0.131. The number of carbonyl (C=O) groups excluding carboxylic acids is 1. The van der Waals surface area contributed by atoms with E-state index in [1.54, 1.807) is 24.3 Å². The quantitative estimate of drug-likeness (QED) is 0.762. The monoisotopic (exact) mass is 281 g/mol. The summed E-state index contributed by atoms with van der Waals surface area (Å²) in [7, 11) is 0. The number of rotatable bonds is 4. The van der Waals surface area contributed by atoms with Crippen molar-refractivity contribution in [2.24, 2.45) is 0 Å². The highest BCUT2D eigenvalue weighted by Gasteiger charge is 2.30. The lowest BCUT2D eigenvalue weighted by Gasteiger charge is -2.32. The van der Waals surface area contributed by atoms with Gasteiger partial charge in [0.15, 0.2) is 6.29 Å². The lowest BCUT2D eigenvalue weighted by molar-refractivity contribution is -0.196. The molecular formula is C14H19NO5. The summed E-state index contributed by atoms with van der Waals surface area (Å²) >= 11 is 0. The van der Waals surface area contributed by atoms with Crippen molar-refractivity contribution in [2.45, 2.75) is 38.3 Å². The van der Waals surface area contributed by atoms with Crippen LogP contribution in [-0.2, 0) is 9.53 Å². The van der Waals surface area contributed by atoms with Gasteiger partial charge in [-0.1, -0.05) is 0 Å². The molecule has 2 unspecified atom stereocenters. The van der Waals surface area contributed by atoms with E-state index in [4.69, 9.17) is 14.6 Å². The molecule has 0 spiro atoms. The van der Waals surface area contributed by atoms with E-state index < -0.39 is 18.5 Å². The van der Waals surface area contributed by atoms with E-state index in [1.807, 2.05) is 0 Å². The molecule has 3 atom stereocenters. The molecule has 6 heteroatoms. The van der Waals surface area contributed by atoms with Gasteiger partial charge in [-0.05, 0) is 30.7 Å². The fourth-order valence-electron chi connectivity index (χ4n) is 2.07. The van der Waals surface area contributed by atoms with Crippen LogP contribution in [0.3, 0.4) is 0 Å². The molecule has 2 rings (SSSR count). The number of carbonyl (C=O) groups is 1. The van der Waals surface area contributed by atoms with E-state index in [2.05, 4.69) is 5.32 Å². The summed E-state index contributed by atoms with van der Waals surface area (Å²) in [5.74, 6) is 0.478. The van der Waals surface area contributed by atoms with E-state index >= 15 is 0 Å². The number of ether oxygens (including phenoxy) is 2. The lowest BCUT2D eigenvalue weighted by Crippen LogP contribution is -2.43. The van der Waals surface area contributed by atoms with Crippen LogP contribution in [0.5, 0.6) is 5.75 Å². The Bertz CT molecular complexity index is 447. The van der Waals surface area contributed by atoms with Crippen molar-refractivity contribution < 1.29 is 24.5 Å². The predicted octanol–water partition coefficient (Wildman–Crippen LogP) is 0.882. The molecule has 1 heterocycles. The second kappa shape index (κ2) is 6.69. The van der Waals surface area contributed by atoms with Crippen molar-refractivity contribution in [3.63, 3.8) is 0 Å². The first-order chi connectivity index (χ1) is 9.58. The third-order valence-corrected chi connectivity index (χ3v) is 3.08. The maximum absolute atomic E-state index is 10.9. The molecule has 110 valence electrons. The second-order valence-electron chi connectivity index (χ2n) is 4.75. The number of amides is 1. The summed E-state index contributed by atoms with van der Waals surface area (Å²) in [6.45, 7) is 1.21. The summed E-state index contributed by atoms with van der Waals surface area (Å²) in [5.41, 5.74) is 0.693. The highest BCUT2D eigenvalue weighted by molar-refractivity contribution is 5.88. The Morgan fingerprint density at radius 1 is 1.40 bits per heavy atom. The van der Waals surface area contributed by atoms with Crippen LogP contribution >= 0.6 is 0 Å². The van der Waals surface area contributed by atoms with E-state index in [1.165, 1.54) is 6.92 Å². The second-order valence-corrected chi connectivity index (χ2v) is 4.75. The summed E-state index contributed by atoms with van der Waals surface area (Å²) in [5, 5.41) is 21.3. The number of hydrogen-bond acceptors (Lipinski definition) is 5. The van der Waals surface area contributed by atoms with E-state index in [0.29, 0.717) is 24.3 Å². The van der Waals surface area contributed by atoms with Gasteiger partial charge in [-0.25, -0.2) is 0 Å². The number of aliphatic hydroxyl groups excluding tert-OH is 2. The third-order valence-electron chi connectivity index (χ3n) is 3.08. The zero-order valence-electron chi connectivity index (χ0n) is 11.3. The van der Waals surface area contributed by atoms with Crippen molar-refractivity contribution in [3.8, 4) is 5.75 Å². The topological polar surface area (TPSA) is 88.0 Å². The molecule has 20 heavy (non-hydrogen) atoms. The van der Waals surface area contributed by atoms with Crippen LogP contribution in [0.25, 0.3) is 0 Å². The van der Waals surface area contributed by atoms with Crippen molar-refractivity contribution in [1.29, 1.82) is 0 Å². The molecule has 3 N–H and O–H groups in total. The molecule has 1 amide bonds. The van der Waals surface area contributed by atoms with Gasteiger partial charge >= 0.3 is 0 Å². The maximum atomic E-state index is 10.9. The van der Waals surface area contributed by atoms with Crippen LogP contribution in [-0.4, -0.2) is 41.2 Å². The Morgan fingerprint density at radius 3 is 2.70 bits per heavy atom. The summed E-state index contributed by atoms with van der Waals surface area (Å²) < 4.78 is 11.1. The number of aliphatic hydroxyl groups is 2. The molecule has 0 saturated carbocycles. The molecule has 6 nitrogen and oxygen atoms in total. The predicted molar refractivity (Wildman–Crippen MR) is 72.4 cm³/mol. The number of hydrogen-bond donors (Lipinski definition) is 3. The third kappa shape index (κ3) is 3.93. The average Bonchev–Trinajstić information content (AvgIpc) is 2.42. The first kappa shape index (κ1) is 14.8. The van der Waals surface area contributed by atoms with Crippen LogP contribution in [0.4, 0.5) is 5.69 Å². The largest absolute Gasteiger partial charge is 0.465 e. The first-order valence-corrected chi connectivity index (χ1v) is 6.57. The van der Waals surface area contributed by atoms with Crippen LogP contribution < -0.4 is 10.1 Å². The Morgan fingerprint density at radius 2 is 2.10 bits per heavy atom. The fraction of sp³-hybridized carbons (Fsp3) is 0.500. The Hall–Kier alpha value is -1.63. The molecule has 1 aliphatic rings. The molecule has 1 aliphatic heterocycles. The van der Waals surface area contributed by atoms with Crippen molar-refractivity contribution in [2.75, 3.05) is 11.9 Å². The van der Waals surface area contributed by atoms with Gasteiger partial charge in [0.1, 0.15) is 11.9 Å². The number of nitrogens with one attached hydrogen (secondary N) is 1. The molecule has 0 radical (unpaired) electrons. The minimum Gasteiger partial charge on any atom is -0.465 e. The van der Waals surface area contributed by atoms with E-state index in [-0.39, 0.29) is 12.5 Å².